The minimum atomic E-state index is -0.168. The van der Waals surface area contributed by atoms with Crippen LogP contribution in [-0.2, 0) is 6.54 Å². The molecule has 1 aliphatic carbocycles. The summed E-state index contributed by atoms with van der Waals surface area (Å²) in [4.78, 5) is 21.1. The van der Waals surface area contributed by atoms with Gasteiger partial charge in [-0.2, -0.15) is 0 Å². The van der Waals surface area contributed by atoms with Crippen molar-refractivity contribution in [3.05, 3.63) is 53.0 Å². The van der Waals surface area contributed by atoms with Crippen molar-refractivity contribution in [2.45, 2.75) is 52.1 Å². The second-order valence-corrected chi connectivity index (χ2v) is 6.42. The number of hydrogen-bond donors (Lipinski definition) is 2. The van der Waals surface area contributed by atoms with E-state index in [0.717, 1.165) is 24.2 Å². The number of carbonyl (C=O) groups excluding carboxylic acids is 1. The third kappa shape index (κ3) is 4.10. The molecule has 24 heavy (non-hydrogen) atoms. The summed E-state index contributed by atoms with van der Waals surface area (Å²) in [7, 11) is 0. The molecule has 1 fully saturated rings. The van der Waals surface area contributed by atoms with Gasteiger partial charge in [-0.1, -0.05) is 37.1 Å². The fraction of sp³-hybridized carbons (Fsp3) is 0.421. The van der Waals surface area contributed by atoms with Crippen LogP contribution in [0, 0.1) is 13.8 Å². The number of rotatable bonds is 5. The van der Waals surface area contributed by atoms with Crippen molar-refractivity contribution in [3.8, 4) is 0 Å². The SMILES string of the molecule is Cc1nc(NC2CCCC2)cc(C(=O)NCc2ccccc2C)n1. The maximum absolute atomic E-state index is 12.4. The lowest BCUT2D eigenvalue weighted by Crippen LogP contribution is -2.25. The molecule has 0 atom stereocenters. The fourth-order valence-electron chi connectivity index (χ4n) is 3.11. The molecule has 1 amide bonds. The number of nitrogens with zero attached hydrogens (tertiary/aromatic N) is 2. The largest absolute Gasteiger partial charge is 0.367 e. The number of aromatic nitrogens is 2. The van der Waals surface area contributed by atoms with Gasteiger partial charge < -0.3 is 10.6 Å². The standard InChI is InChI=1S/C19H24N4O/c1-13-7-3-4-8-15(13)12-20-19(24)17-11-18(22-14(2)21-17)23-16-9-5-6-10-16/h3-4,7-8,11,16H,5-6,9-10,12H2,1-2H3,(H,20,24)(H,21,22,23). The lowest BCUT2D eigenvalue weighted by molar-refractivity contribution is 0.0945. The highest BCUT2D eigenvalue weighted by atomic mass is 16.1. The highest BCUT2D eigenvalue weighted by Gasteiger charge is 2.17. The molecule has 1 heterocycles. The van der Waals surface area contributed by atoms with E-state index in [1.54, 1.807) is 6.07 Å². The van der Waals surface area contributed by atoms with Crippen LogP contribution in [0.4, 0.5) is 5.82 Å². The monoisotopic (exact) mass is 324 g/mol. The van der Waals surface area contributed by atoms with Gasteiger partial charge in [0.05, 0.1) is 0 Å². The maximum Gasteiger partial charge on any atom is 0.270 e. The number of benzene rings is 1. The van der Waals surface area contributed by atoms with Crippen molar-refractivity contribution in [2.75, 3.05) is 5.32 Å². The van der Waals surface area contributed by atoms with E-state index < -0.39 is 0 Å². The highest BCUT2D eigenvalue weighted by molar-refractivity contribution is 5.92. The molecule has 1 aromatic heterocycles. The van der Waals surface area contributed by atoms with E-state index >= 15 is 0 Å². The second-order valence-electron chi connectivity index (χ2n) is 6.42. The van der Waals surface area contributed by atoms with Gasteiger partial charge in [0, 0.05) is 18.7 Å². The van der Waals surface area contributed by atoms with Crippen molar-refractivity contribution in [3.63, 3.8) is 0 Å². The first kappa shape index (κ1) is 16.4. The number of hydrogen-bond acceptors (Lipinski definition) is 4. The Kier molecular flexibility index (Phi) is 5.08. The molecule has 2 N–H and O–H groups in total. The Labute approximate surface area is 142 Å². The van der Waals surface area contributed by atoms with Crippen LogP contribution < -0.4 is 10.6 Å². The van der Waals surface area contributed by atoms with E-state index in [2.05, 4.69) is 20.6 Å². The van der Waals surface area contributed by atoms with Crippen LogP contribution in [0.15, 0.2) is 30.3 Å². The van der Waals surface area contributed by atoms with Crippen LogP contribution in [0.1, 0.15) is 53.1 Å². The van der Waals surface area contributed by atoms with Gasteiger partial charge in [-0.3, -0.25) is 4.79 Å². The van der Waals surface area contributed by atoms with Crippen molar-refractivity contribution in [1.82, 2.24) is 15.3 Å². The van der Waals surface area contributed by atoms with Gasteiger partial charge >= 0.3 is 0 Å². The van der Waals surface area contributed by atoms with Crippen LogP contribution in [-0.4, -0.2) is 21.9 Å². The quantitative estimate of drug-likeness (QED) is 0.885. The molecule has 5 nitrogen and oxygen atoms in total. The van der Waals surface area contributed by atoms with Crippen molar-refractivity contribution < 1.29 is 4.79 Å². The van der Waals surface area contributed by atoms with E-state index in [1.807, 2.05) is 38.1 Å². The van der Waals surface area contributed by atoms with Crippen molar-refractivity contribution in [1.29, 1.82) is 0 Å². The van der Waals surface area contributed by atoms with E-state index in [4.69, 9.17) is 0 Å². The molecular weight excluding hydrogens is 300 g/mol. The zero-order valence-corrected chi connectivity index (χ0v) is 14.3. The molecule has 0 unspecified atom stereocenters. The average Bonchev–Trinajstić information content (AvgIpc) is 3.06. The summed E-state index contributed by atoms with van der Waals surface area (Å²) in [6.07, 6.45) is 4.84. The second kappa shape index (κ2) is 7.43. The predicted molar refractivity (Wildman–Crippen MR) is 95.0 cm³/mol. The van der Waals surface area contributed by atoms with Gasteiger partial charge in [0.25, 0.3) is 5.91 Å². The van der Waals surface area contributed by atoms with E-state index in [9.17, 15) is 4.79 Å². The number of nitrogens with one attached hydrogen (secondary N) is 2. The minimum Gasteiger partial charge on any atom is -0.367 e. The van der Waals surface area contributed by atoms with Crippen LogP contribution in [0.3, 0.4) is 0 Å². The molecular formula is C19H24N4O. The molecule has 1 aliphatic rings. The number of amides is 1. The van der Waals surface area contributed by atoms with Gasteiger partial charge in [0.2, 0.25) is 0 Å². The van der Waals surface area contributed by atoms with E-state index in [1.165, 1.54) is 18.4 Å². The summed E-state index contributed by atoms with van der Waals surface area (Å²) in [6.45, 7) is 4.36. The molecule has 2 aromatic rings. The predicted octanol–water partition coefficient (Wildman–Crippen LogP) is 3.38. The van der Waals surface area contributed by atoms with Gasteiger partial charge in [0.15, 0.2) is 0 Å². The molecule has 1 saturated carbocycles. The molecule has 0 bridgehead atoms. The Morgan fingerprint density at radius 2 is 1.92 bits per heavy atom. The normalized spacial score (nSPS) is 14.6. The molecule has 1 aromatic carbocycles. The van der Waals surface area contributed by atoms with Crippen LogP contribution in [0.25, 0.3) is 0 Å². The molecule has 0 radical (unpaired) electrons. The van der Waals surface area contributed by atoms with Gasteiger partial charge in [-0.15, -0.1) is 0 Å². The smallest absolute Gasteiger partial charge is 0.270 e. The topological polar surface area (TPSA) is 66.9 Å². The Morgan fingerprint density at radius 3 is 2.67 bits per heavy atom. The van der Waals surface area contributed by atoms with E-state index in [0.29, 0.717) is 24.1 Å². The Morgan fingerprint density at radius 1 is 1.17 bits per heavy atom. The summed E-state index contributed by atoms with van der Waals surface area (Å²) < 4.78 is 0. The van der Waals surface area contributed by atoms with E-state index in [-0.39, 0.29) is 5.91 Å². The highest BCUT2D eigenvalue weighted by Crippen LogP contribution is 2.21. The fourth-order valence-corrected chi connectivity index (χ4v) is 3.11. The molecule has 0 saturated heterocycles. The Balaban J connectivity index is 1.67. The molecule has 3 rings (SSSR count). The van der Waals surface area contributed by atoms with Crippen LogP contribution >= 0.6 is 0 Å². The number of anilines is 1. The zero-order valence-electron chi connectivity index (χ0n) is 14.3. The summed E-state index contributed by atoms with van der Waals surface area (Å²) in [5.74, 6) is 1.19. The molecule has 5 heteroatoms. The van der Waals surface area contributed by atoms with Crippen LogP contribution in [0.2, 0.25) is 0 Å². The lowest BCUT2D eigenvalue weighted by Gasteiger charge is -2.14. The first-order valence-electron chi connectivity index (χ1n) is 8.57. The number of carbonyl (C=O) groups is 1. The zero-order chi connectivity index (χ0) is 16.9. The third-order valence-corrected chi connectivity index (χ3v) is 4.48. The number of aryl methyl sites for hydroxylation is 2. The molecule has 0 spiro atoms. The minimum absolute atomic E-state index is 0.168. The van der Waals surface area contributed by atoms with Crippen molar-refractivity contribution >= 4 is 11.7 Å². The van der Waals surface area contributed by atoms with Gasteiger partial charge in [0.1, 0.15) is 17.3 Å². The Bertz CT molecular complexity index is 723. The average molecular weight is 324 g/mol. The maximum atomic E-state index is 12.4. The Hall–Kier alpha value is -2.43. The third-order valence-electron chi connectivity index (χ3n) is 4.48. The first-order valence-corrected chi connectivity index (χ1v) is 8.57. The molecule has 126 valence electrons. The van der Waals surface area contributed by atoms with Crippen molar-refractivity contribution in [2.24, 2.45) is 0 Å². The summed E-state index contributed by atoms with van der Waals surface area (Å²) in [6, 6.07) is 10.2. The van der Waals surface area contributed by atoms with Gasteiger partial charge in [-0.05, 0) is 37.8 Å². The summed E-state index contributed by atoms with van der Waals surface area (Å²) in [5.41, 5.74) is 2.69. The van der Waals surface area contributed by atoms with Gasteiger partial charge in [-0.25, -0.2) is 9.97 Å². The summed E-state index contributed by atoms with van der Waals surface area (Å²) >= 11 is 0. The summed E-state index contributed by atoms with van der Waals surface area (Å²) in [5, 5.41) is 6.38. The first-order chi connectivity index (χ1) is 11.6. The van der Waals surface area contributed by atoms with Crippen LogP contribution in [0.5, 0.6) is 0 Å². The molecule has 0 aliphatic heterocycles. The lowest BCUT2D eigenvalue weighted by atomic mass is 10.1.